The highest BCUT2D eigenvalue weighted by atomic mass is 79.9. The minimum Gasteiger partial charge on any atom is -0.490 e. The lowest BCUT2D eigenvalue weighted by molar-refractivity contribution is 0.240. The summed E-state index contributed by atoms with van der Waals surface area (Å²) in [6.45, 7) is 3.81. The smallest absolute Gasteiger partial charge is 0.243 e. The molecular formula is C13H18BrNO3S. The van der Waals surface area contributed by atoms with Crippen LogP contribution in [0.2, 0.25) is 0 Å². The third-order valence-electron chi connectivity index (χ3n) is 3.00. The Kier molecular flexibility index (Phi) is 4.23. The van der Waals surface area contributed by atoms with Crippen LogP contribution in [-0.2, 0) is 10.0 Å². The van der Waals surface area contributed by atoms with E-state index < -0.39 is 10.0 Å². The van der Waals surface area contributed by atoms with Crippen LogP contribution in [0.25, 0.3) is 0 Å². The third kappa shape index (κ3) is 3.30. The average Bonchev–Trinajstić information content (AvgIpc) is 3.14. The first kappa shape index (κ1) is 14.8. The van der Waals surface area contributed by atoms with Crippen molar-refractivity contribution in [2.45, 2.75) is 43.7 Å². The van der Waals surface area contributed by atoms with Gasteiger partial charge in [-0.3, -0.25) is 0 Å². The van der Waals surface area contributed by atoms with E-state index in [1.807, 2.05) is 13.8 Å². The van der Waals surface area contributed by atoms with E-state index in [1.54, 1.807) is 25.2 Å². The molecule has 1 aromatic rings. The quantitative estimate of drug-likeness (QED) is 0.822. The summed E-state index contributed by atoms with van der Waals surface area (Å²) in [6.07, 6.45) is 1.89. The molecule has 106 valence electrons. The first-order valence-electron chi connectivity index (χ1n) is 6.26. The van der Waals surface area contributed by atoms with Crippen LogP contribution in [0.5, 0.6) is 5.75 Å². The zero-order chi connectivity index (χ0) is 14.2. The number of hydrogen-bond donors (Lipinski definition) is 0. The summed E-state index contributed by atoms with van der Waals surface area (Å²) in [6, 6.07) is 5.05. The Morgan fingerprint density at radius 1 is 1.37 bits per heavy atom. The van der Waals surface area contributed by atoms with Crippen LogP contribution in [-0.4, -0.2) is 31.9 Å². The molecular weight excluding hydrogens is 330 g/mol. The number of rotatable bonds is 5. The lowest BCUT2D eigenvalue weighted by atomic mass is 10.3. The van der Waals surface area contributed by atoms with Crippen LogP contribution in [0.15, 0.2) is 27.6 Å². The maximum Gasteiger partial charge on any atom is 0.243 e. The number of halogens is 1. The third-order valence-corrected chi connectivity index (χ3v) is 5.56. The fourth-order valence-corrected chi connectivity index (χ4v) is 3.56. The van der Waals surface area contributed by atoms with Crippen molar-refractivity contribution in [3.63, 3.8) is 0 Å². The van der Waals surface area contributed by atoms with Gasteiger partial charge in [0.1, 0.15) is 5.75 Å². The Hall–Kier alpha value is -0.590. The zero-order valence-electron chi connectivity index (χ0n) is 11.3. The van der Waals surface area contributed by atoms with E-state index >= 15 is 0 Å². The highest BCUT2D eigenvalue weighted by Gasteiger charge is 2.35. The number of sulfonamides is 1. The molecule has 1 fully saturated rings. The topological polar surface area (TPSA) is 46.6 Å². The molecule has 0 spiro atoms. The average molecular weight is 348 g/mol. The Labute approximate surface area is 122 Å². The fourth-order valence-electron chi connectivity index (χ4n) is 1.79. The first-order valence-corrected chi connectivity index (χ1v) is 8.50. The predicted octanol–water partition coefficient (Wildman–Crippen LogP) is 3.02. The van der Waals surface area contributed by atoms with E-state index in [2.05, 4.69) is 15.9 Å². The summed E-state index contributed by atoms with van der Waals surface area (Å²) in [7, 11) is -1.78. The molecule has 1 aromatic carbocycles. The molecule has 0 radical (unpaired) electrons. The highest BCUT2D eigenvalue weighted by Crippen LogP contribution is 2.33. The van der Waals surface area contributed by atoms with Gasteiger partial charge >= 0.3 is 0 Å². The summed E-state index contributed by atoms with van der Waals surface area (Å²) >= 11 is 3.37. The minimum absolute atomic E-state index is 0.00424. The molecule has 0 unspecified atom stereocenters. The van der Waals surface area contributed by atoms with Gasteiger partial charge in [0.15, 0.2) is 0 Å². The van der Waals surface area contributed by atoms with Crippen LogP contribution in [0, 0.1) is 0 Å². The largest absolute Gasteiger partial charge is 0.490 e. The lowest BCUT2D eigenvalue weighted by Crippen LogP contribution is -2.29. The van der Waals surface area contributed by atoms with E-state index in [9.17, 15) is 8.42 Å². The van der Waals surface area contributed by atoms with E-state index in [1.165, 1.54) is 4.31 Å². The number of ether oxygens (including phenoxy) is 1. The SMILES string of the molecule is CC(C)Oc1cc(S(=O)(=O)N(C)C2CC2)ccc1Br. The van der Waals surface area contributed by atoms with Gasteiger partial charge in [-0.05, 0) is 54.8 Å². The summed E-state index contributed by atoms with van der Waals surface area (Å²) in [4.78, 5) is 0.278. The molecule has 2 rings (SSSR count). The molecule has 0 amide bonds. The van der Waals surface area contributed by atoms with E-state index in [4.69, 9.17) is 4.74 Å². The zero-order valence-corrected chi connectivity index (χ0v) is 13.7. The minimum atomic E-state index is -3.42. The van der Waals surface area contributed by atoms with E-state index in [0.29, 0.717) is 5.75 Å². The van der Waals surface area contributed by atoms with Gasteiger partial charge in [-0.15, -0.1) is 0 Å². The molecule has 0 saturated heterocycles. The molecule has 1 aliphatic rings. The highest BCUT2D eigenvalue weighted by molar-refractivity contribution is 9.10. The van der Waals surface area contributed by atoms with Gasteiger partial charge in [0.2, 0.25) is 10.0 Å². The summed E-state index contributed by atoms with van der Waals surface area (Å²) in [5.74, 6) is 0.556. The molecule has 0 aromatic heterocycles. The Morgan fingerprint density at radius 3 is 2.53 bits per heavy atom. The second-order valence-corrected chi connectivity index (χ2v) is 7.86. The fraction of sp³-hybridized carbons (Fsp3) is 0.538. The van der Waals surface area contributed by atoms with Crippen molar-refractivity contribution in [3.8, 4) is 5.75 Å². The van der Waals surface area contributed by atoms with Crippen molar-refractivity contribution >= 4 is 26.0 Å². The molecule has 1 aliphatic carbocycles. The normalized spacial score (nSPS) is 16.1. The molecule has 0 atom stereocenters. The molecule has 0 heterocycles. The van der Waals surface area contributed by atoms with Gasteiger partial charge in [-0.1, -0.05) is 0 Å². The monoisotopic (exact) mass is 347 g/mol. The molecule has 1 saturated carbocycles. The second-order valence-electron chi connectivity index (χ2n) is 5.01. The second kappa shape index (κ2) is 5.42. The molecule has 4 nitrogen and oxygen atoms in total. The van der Waals surface area contributed by atoms with Crippen LogP contribution in [0.4, 0.5) is 0 Å². The molecule has 0 bridgehead atoms. The van der Waals surface area contributed by atoms with Crippen molar-refractivity contribution in [1.82, 2.24) is 4.31 Å². The number of benzene rings is 1. The van der Waals surface area contributed by atoms with E-state index in [0.717, 1.165) is 17.3 Å². The van der Waals surface area contributed by atoms with Gasteiger partial charge in [0, 0.05) is 19.2 Å². The maximum atomic E-state index is 12.4. The van der Waals surface area contributed by atoms with Crippen LogP contribution in [0.3, 0.4) is 0 Å². The molecule has 19 heavy (non-hydrogen) atoms. The Balaban J connectivity index is 2.34. The van der Waals surface area contributed by atoms with Gasteiger partial charge in [0.05, 0.1) is 15.5 Å². The van der Waals surface area contributed by atoms with Crippen molar-refractivity contribution in [1.29, 1.82) is 0 Å². The van der Waals surface area contributed by atoms with Crippen LogP contribution < -0.4 is 4.74 Å². The number of nitrogens with zero attached hydrogens (tertiary/aromatic N) is 1. The van der Waals surface area contributed by atoms with Gasteiger partial charge in [-0.25, -0.2) is 8.42 Å². The predicted molar refractivity (Wildman–Crippen MR) is 77.9 cm³/mol. The molecule has 6 heteroatoms. The van der Waals surface area contributed by atoms with Crippen molar-refractivity contribution in [2.24, 2.45) is 0 Å². The van der Waals surface area contributed by atoms with Gasteiger partial charge in [-0.2, -0.15) is 4.31 Å². The van der Waals surface area contributed by atoms with E-state index in [-0.39, 0.29) is 17.0 Å². The maximum absolute atomic E-state index is 12.4. The van der Waals surface area contributed by atoms with Crippen molar-refractivity contribution in [3.05, 3.63) is 22.7 Å². The Bertz CT molecular complexity index is 567. The van der Waals surface area contributed by atoms with Crippen LogP contribution >= 0.6 is 15.9 Å². The van der Waals surface area contributed by atoms with Crippen LogP contribution in [0.1, 0.15) is 26.7 Å². The van der Waals surface area contributed by atoms with Gasteiger partial charge < -0.3 is 4.74 Å². The van der Waals surface area contributed by atoms with Gasteiger partial charge in [0.25, 0.3) is 0 Å². The van der Waals surface area contributed by atoms with Crippen molar-refractivity contribution < 1.29 is 13.2 Å². The lowest BCUT2D eigenvalue weighted by Gasteiger charge is -2.18. The van der Waals surface area contributed by atoms with Crippen molar-refractivity contribution in [2.75, 3.05) is 7.05 Å². The number of hydrogen-bond acceptors (Lipinski definition) is 3. The summed E-state index contributed by atoms with van der Waals surface area (Å²) in [5, 5.41) is 0. The summed E-state index contributed by atoms with van der Waals surface area (Å²) in [5.41, 5.74) is 0. The molecule has 0 aliphatic heterocycles. The Morgan fingerprint density at radius 2 is 2.00 bits per heavy atom. The standard InChI is InChI=1S/C13H18BrNO3S/c1-9(2)18-13-8-11(6-7-12(13)14)19(16,17)15(3)10-4-5-10/h6-10H,4-5H2,1-3H3. The summed E-state index contributed by atoms with van der Waals surface area (Å²) < 4.78 is 32.7. The molecule has 0 N–H and O–H groups in total. The first-order chi connectivity index (χ1) is 8.82.